The minimum Gasteiger partial charge on any atom is -0.376 e. The average molecular weight is 144 g/mol. The van der Waals surface area contributed by atoms with E-state index >= 15 is 0 Å². The minimum atomic E-state index is -0.130. The van der Waals surface area contributed by atoms with Crippen LogP contribution in [0.5, 0.6) is 0 Å². The first-order chi connectivity index (χ1) is 4.83. The highest BCUT2D eigenvalue weighted by atomic mass is 16.7. The Morgan fingerprint density at radius 3 is 3.00 bits per heavy atom. The Bertz CT molecular complexity index is 99.0. The second-order valence-electron chi connectivity index (χ2n) is 2.37. The standard InChI is InChI=1S/C6H13BO3/c1-2-8-4-6-9-3-5(7)10-6/h5-6H,2-4,7H2,1H3/t5?,6-/m1/s1. The normalized spacial score (nSPS) is 32.9. The van der Waals surface area contributed by atoms with Crippen molar-refractivity contribution in [1.82, 2.24) is 0 Å². The van der Waals surface area contributed by atoms with Crippen molar-refractivity contribution in [2.45, 2.75) is 19.2 Å². The van der Waals surface area contributed by atoms with E-state index in [0.29, 0.717) is 13.2 Å². The molecule has 1 unspecified atom stereocenters. The summed E-state index contributed by atoms with van der Waals surface area (Å²) in [5, 5.41) is 0. The van der Waals surface area contributed by atoms with Crippen molar-refractivity contribution in [3.05, 3.63) is 0 Å². The Morgan fingerprint density at radius 1 is 1.70 bits per heavy atom. The molecule has 10 heavy (non-hydrogen) atoms. The number of ether oxygens (including phenoxy) is 3. The molecule has 1 fully saturated rings. The molecule has 0 aromatic heterocycles. The Hall–Kier alpha value is -0.0551. The van der Waals surface area contributed by atoms with Gasteiger partial charge in [-0.15, -0.1) is 0 Å². The molecule has 1 saturated heterocycles. The molecule has 58 valence electrons. The van der Waals surface area contributed by atoms with Gasteiger partial charge in [0, 0.05) is 6.61 Å². The van der Waals surface area contributed by atoms with Crippen molar-refractivity contribution >= 4 is 7.85 Å². The molecule has 0 N–H and O–H groups in total. The summed E-state index contributed by atoms with van der Waals surface area (Å²) in [7, 11) is 1.99. The number of hydrogen-bond acceptors (Lipinski definition) is 3. The lowest BCUT2D eigenvalue weighted by molar-refractivity contribution is -0.0958. The van der Waals surface area contributed by atoms with Gasteiger partial charge in [0.05, 0.1) is 19.2 Å². The lowest BCUT2D eigenvalue weighted by Gasteiger charge is -2.08. The maximum atomic E-state index is 5.32. The smallest absolute Gasteiger partial charge is 0.180 e. The van der Waals surface area contributed by atoms with Crippen molar-refractivity contribution in [3.63, 3.8) is 0 Å². The van der Waals surface area contributed by atoms with Crippen LogP contribution in [-0.2, 0) is 14.2 Å². The molecule has 1 aliphatic rings. The molecule has 0 amide bonds. The fourth-order valence-electron chi connectivity index (χ4n) is 0.882. The summed E-state index contributed by atoms with van der Waals surface area (Å²) in [5.41, 5.74) is 0. The van der Waals surface area contributed by atoms with Crippen molar-refractivity contribution in [3.8, 4) is 0 Å². The van der Waals surface area contributed by atoms with Gasteiger partial charge in [0.15, 0.2) is 6.29 Å². The van der Waals surface area contributed by atoms with Crippen LogP contribution in [0, 0.1) is 0 Å². The monoisotopic (exact) mass is 144 g/mol. The van der Waals surface area contributed by atoms with Crippen molar-refractivity contribution in [1.29, 1.82) is 0 Å². The first kappa shape index (κ1) is 8.05. The maximum Gasteiger partial charge on any atom is 0.180 e. The first-order valence-corrected chi connectivity index (χ1v) is 3.67. The summed E-state index contributed by atoms with van der Waals surface area (Å²) in [4.78, 5) is 0. The van der Waals surface area contributed by atoms with Gasteiger partial charge >= 0.3 is 0 Å². The molecule has 0 aliphatic carbocycles. The molecule has 4 heteroatoms. The fraction of sp³-hybridized carbons (Fsp3) is 1.00. The summed E-state index contributed by atoms with van der Waals surface area (Å²) in [6, 6.07) is 0.227. The molecule has 1 aliphatic heterocycles. The zero-order valence-corrected chi connectivity index (χ0v) is 6.50. The van der Waals surface area contributed by atoms with Crippen LogP contribution >= 0.6 is 0 Å². The Morgan fingerprint density at radius 2 is 2.50 bits per heavy atom. The van der Waals surface area contributed by atoms with Gasteiger partial charge in [-0.1, -0.05) is 0 Å². The third-order valence-corrected chi connectivity index (χ3v) is 1.36. The predicted molar refractivity (Wildman–Crippen MR) is 39.7 cm³/mol. The molecule has 0 aromatic carbocycles. The highest BCUT2D eigenvalue weighted by Gasteiger charge is 2.21. The SMILES string of the molecule is BC1CO[C@@H](COCC)O1. The molecule has 2 atom stereocenters. The second kappa shape index (κ2) is 3.96. The molecular weight excluding hydrogens is 131 g/mol. The molecule has 0 spiro atoms. The van der Waals surface area contributed by atoms with Gasteiger partial charge in [0.25, 0.3) is 0 Å². The van der Waals surface area contributed by atoms with Crippen molar-refractivity contribution in [2.75, 3.05) is 19.8 Å². The van der Waals surface area contributed by atoms with Crippen molar-refractivity contribution < 1.29 is 14.2 Å². The highest BCUT2D eigenvalue weighted by molar-refractivity contribution is 6.11. The van der Waals surface area contributed by atoms with E-state index in [-0.39, 0.29) is 12.3 Å². The van der Waals surface area contributed by atoms with E-state index in [1.807, 2.05) is 14.8 Å². The molecule has 0 aromatic rings. The van der Waals surface area contributed by atoms with E-state index in [1.54, 1.807) is 0 Å². The summed E-state index contributed by atoms with van der Waals surface area (Å²) in [5.74, 6) is 0. The third kappa shape index (κ3) is 2.29. The van der Waals surface area contributed by atoms with E-state index in [2.05, 4.69) is 0 Å². The lowest BCUT2D eigenvalue weighted by atomic mass is 10.0. The van der Waals surface area contributed by atoms with Crippen LogP contribution in [0.25, 0.3) is 0 Å². The highest BCUT2D eigenvalue weighted by Crippen LogP contribution is 2.08. The largest absolute Gasteiger partial charge is 0.376 e. The van der Waals surface area contributed by atoms with Crippen LogP contribution in [0.4, 0.5) is 0 Å². The van der Waals surface area contributed by atoms with E-state index in [1.165, 1.54) is 0 Å². The van der Waals surface area contributed by atoms with Crippen LogP contribution in [0.2, 0.25) is 0 Å². The lowest BCUT2D eigenvalue weighted by Crippen LogP contribution is -2.17. The van der Waals surface area contributed by atoms with Gasteiger partial charge in [-0.3, -0.25) is 0 Å². The maximum absolute atomic E-state index is 5.32. The number of rotatable bonds is 3. The third-order valence-electron chi connectivity index (χ3n) is 1.36. The second-order valence-corrected chi connectivity index (χ2v) is 2.37. The number of hydrogen-bond donors (Lipinski definition) is 0. The summed E-state index contributed by atoms with van der Waals surface area (Å²) in [6.45, 7) is 3.93. The Labute approximate surface area is 62.1 Å². The summed E-state index contributed by atoms with van der Waals surface area (Å²) < 4.78 is 15.7. The van der Waals surface area contributed by atoms with Gasteiger partial charge in [-0.2, -0.15) is 0 Å². The molecule has 0 radical (unpaired) electrons. The van der Waals surface area contributed by atoms with Gasteiger partial charge in [0.2, 0.25) is 0 Å². The molecule has 3 nitrogen and oxygen atoms in total. The topological polar surface area (TPSA) is 27.7 Å². The first-order valence-electron chi connectivity index (χ1n) is 3.67. The Kier molecular flexibility index (Phi) is 3.18. The van der Waals surface area contributed by atoms with E-state index in [0.717, 1.165) is 6.61 Å². The quantitative estimate of drug-likeness (QED) is 0.493. The molecule has 1 rings (SSSR count). The zero-order valence-electron chi connectivity index (χ0n) is 6.50. The van der Waals surface area contributed by atoms with Crippen LogP contribution in [0.3, 0.4) is 0 Å². The molecule has 1 heterocycles. The molecule has 0 saturated carbocycles. The van der Waals surface area contributed by atoms with Crippen LogP contribution in [0.1, 0.15) is 6.92 Å². The Balaban J connectivity index is 2.06. The van der Waals surface area contributed by atoms with E-state index < -0.39 is 0 Å². The van der Waals surface area contributed by atoms with E-state index in [9.17, 15) is 0 Å². The van der Waals surface area contributed by atoms with Gasteiger partial charge in [0.1, 0.15) is 7.85 Å². The van der Waals surface area contributed by atoms with Crippen LogP contribution in [-0.4, -0.2) is 40.0 Å². The van der Waals surface area contributed by atoms with Gasteiger partial charge in [-0.05, 0) is 6.92 Å². The summed E-state index contributed by atoms with van der Waals surface area (Å²) in [6.07, 6.45) is -0.130. The van der Waals surface area contributed by atoms with Gasteiger partial charge in [-0.25, -0.2) is 0 Å². The van der Waals surface area contributed by atoms with Crippen LogP contribution in [0.15, 0.2) is 0 Å². The van der Waals surface area contributed by atoms with Crippen LogP contribution < -0.4 is 0 Å². The predicted octanol–water partition coefficient (Wildman–Crippen LogP) is -0.645. The minimum absolute atomic E-state index is 0.130. The van der Waals surface area contributed by atoms with Crippen molar-refractivity contribution in [2.24, 2.45) is 0 Å². The average Bonchev–Trinajstić information content (AvgIpc) is 2.31. The van der Waals surface area contributed by atoms with E-state index in [4.69, 9.17) is 14.2 Å². The van der Waals surface area contributed by atoms with Gasteiger partial charge < -0.3 is 14.2 Å². The molecule has 0 bridgehead atoms. The molecular formula is C6H13BO3. The zero-order chi connectivity index (χ0) is 7.40. The fourth-order valence-corrected chi connectivity index (χ4v) is 0.882. The summed E-state index contributed by atoms with van der Waals surface area (Å²) >= 11 is 0.